The van der Waals surface area contributed by atoms with Gasteiger partial charge in [0.2, 0.25) is 0 Å². The van der Waals surface area contributed by atoms with Crippen LogP contribution in [0, 0.1) is 0 Å². The Morgan fingerprint density at radius 2 is 2.44 bits per heavy atom. The highest BCUT2D eigenvalue weighted by molar-refractivity contribution is 7.10. The van der Waals surface area contributed by atoms with Crippen molar-refractivity contribution in [3.63, 3.8) is 0 Å². The normalized spacial score (nSPS) is 22.1. The molecule has 0 bridgehead atoms. The first-order valence-electron chi connectivity index (χ1n) is 5.85. The third kappa shape index (κ3) is 2.73. The molecule has 1 aromatic rings. The molecule has 0 saturated carbocycles. The van der Waals surface area contributed by atoms with Gasteiger partial charge < -0.3 is 5.11 Å². The first-order chi connectivity index (χ1) is 7.81. The smallest absolute Gasteiger partial charge is 0.0626 e. The van der Waals surface area contributed by atoms with Gasteiger partial charge in [-0.3, -0.25) is 4.90 Å². The van der Waals surface area contributed by atoms with E-state index in [9.17, 15) is 0 Å². The molecule has 16 heavy (non-hydrogen) atoms. The van der Waals surface area contributed by atoms with Crippen LogP contribution in [0.2, 0.25) is 0 Å². The van der Waals surface area contributed by atoms with Crippen LogP contribution in [0.25, 0.3) is 0 Å². The molecule has 0 aromatic carbocycles. The molecule has 0 radical (unpaired) electrons. The number of aliphatic hydroxyl groups is 1. The van der Waals surface area contributed by atoms with Gasteiger partial charge in [-0.05, 0) is 37.8 Å². The van der Waals surface area contributed by atoms with Gasteiger partial charge in [-0.2, -0.15) is 0 Å². The quantitative estimate of drug-likeness (QED) is 0.814. The van der Waals surface area contributed by atoms with Crippen molar-refractivity contribution in [1.29, 1.82) is 0 Å². The SMILES string of the molecule is CN1CCC(CCCO)=CC1c1cccs1. The van der Waals surface area contributed by atoms with Crippen LogP contribution < -0.4 is 0 Å². The fraction of sp³-hybridized carbons (Fsp3) is 0.538. The first kappa shape index (κ1) is 11.8. The second kappa shape index (κ2) is 5.62. The predicted molar refractivity (Wildman–Crippen MR) is 68.7 cm³/mol. The standard InChI is InChI=1S/C13H19NOS/c1-14-7-6-11(4-2-8-15)10-12(14)13-5-3-9-16-13/h3,5,9-10,12,15H,2,4,6-8H2,1H3. The molecule has 0 fully saturated rings. The fourth-order valence-electron chi connectivity index (χ4n) is 2.17. The van der Waals surface area contributed by atoms with E-state index in [1.54, 1.807) is 0 Å². The molecule has 0 spiro atoms. The van der Waals surface area contributed by atoms with Crippen LogP contribution >= 0.6 is 11.3 Å². The second-order valence-electron chi connectivity index (χ2n) is 4.34. The molecule has 2 nitrogen and oxygen atoms in total. The number of nitrogens with zero attached hydrogens (tertiary/aromatic N) is 1. The Morgan fingerprint density at radius 1 is 1.56 bits per heavy atom. The molecule has 1 unspecified atom stereocenters. The average molecular weight is 237 g/mol. The Labute approximate surface area is 101 Å². The zero-order chi connectivity index (χ0) is 11.4. The van der Waals surface area contributed by atoms with Gasteiger partial charge in [0.25, 0.3) is 0 Å². The Kier molecular flexibility index (Phi) is 4.16. The van der Waals surface area contributed by atoms with E-state index in [0.29, 0.717) is 12.6 Å². The molecule has 1 N–H and O–H groups in total. The lowest BCUT2D eigenvalue weighted by atomic mass is 9.98. The summed E-state index contributed by atoms with van der Waals surface area (Å²) in [5.74, 6) is 0. The Balaban J connectivity index is 2.09. The number of aliphatic hydroxyl groups excluding tert-OH is 1. The van der Waals surface area contributed by atoms with Crippen molar-refractivity contribution in [2.75, 3.05) is 20.2 Å². The molecule has 0 amide bonds. The minimum atomic E-state index is 0.302. The van der Waals surface area contributed by atoms with E-state index < -0.39 is 0 Å². The van der Waals surface area contributed by atoms with Gasteiger partial charge in [0.1, 0.15) is 0 Å². The number of rotatable bonds is 4. The van der Waals surface area contributed by atoms with Gasteiger partial charge in [0, 0.05) is 18.0 Å². The van der Waals surface area contributed by atoms with Crippen molar-refractivity contribution in [3.05, 3.63) is 34.0 Å². The molecule has 1 atom stereocenters. The topological polar surface area (TPSA) is 23.5 Å². The van der Waals surface area contributed by atoms with E-state index in [1.165, 1.54) is 10.5 Å². The van der Waals surface area contributed by atoms with Crippen LogP contribution in [0.5, 0.6) is 0 Å². The summed E-state index contributed by atoms with van der Waals surface area (Å²) in [4.78, 5) is 3.82. The first-order valence-corrected chi connectivity index (χ1v) is 6.73. The number of thiophene rings is 1. The Hall–Kier alpha value is -0.640. The van der Waals surface area contributed by atoms with Crippen molar-refractivity contribution in [2.45, 2.75) is 25.3 Å². The van der Waals surface area contributed by atoms with Crippen LogP contribution in [0.15, 0.2) is 29.2 Å². The summed E-state index contributed by atoms with van der Waals surface area (Å²) >= 11 is 1.82. The van der Waals surface area contributed by atoms with Crippen molar-refractivity contribution in [2.24, 2.45) is 0 Å². The molecule has 3 heteroatoms. The van der Waals surface area contributed by atoms with Crippen molar-refractivity contribution in [1.82, 2.24) is 4.90 Å². The second-order valence-corrected chi connectivity index (χ2v) is 5.32. The lowest BCUT2D eigenvalue weighted by Crippen LogP contribution is -2.27. The van der Waals surface area contributed by atoms with Crippen LogP contribution in [-0.4, -0.2) is 30.2 Å². The van der Waals surface area contributed by atoms with Crippen LogP contribution in [0.1, 0.15) is 30.2 Å². The van der Waals surface area contributed by atoms with Crippen molar-refractivity contribution in [3.8, 4) is 0 Å². The maximum atomic E-state index is 8.86. The molecule has 2 rings (SSSR count). The Morgan fingerprint density at radius 3 is 3.12 bits per heavy atom. The summed E-state index contributed by atoms with van der Waals surface area (Å²) < 4.78 is 0. The van der Waals surface area contributed by atoms with E-state index in [1.807, 2.05) is 11.3 Å². The zero-order valence-electron chi connectivity index (χ0n) is 9.72. The minimum Gasteiger partial charge on any atom is -0.396 e. The summed E-state index contributed by atoms with van der Waals surface area (Å²) in [6.45, 7) is 1.43. The van der Waals surface area contributed by atoms with Gasteiger partial charge in [-0.1, -0.05) is 17.7 Å². The molecule has 2 heterocycles. The maximum absolute atomic E-state index is 8.86. The summed E-state index contributed by atoms with van der Waals surface area (Å²) in [6, 6.07) is 4.77. The van der Waals surface area contributed by atoms with Gasteiger partial charge in [0.05, 0.1) is 6.04 Å². The fourth-order valence-corrected chi connectivity index (χ4v) is 3.03. The summed E-state index contributed by atoms with van der Waals surface area (Å²) in [5.41, 5.74) is 1.51. The van der Waals surface area contributed by atoms with E-state index in [2.05, 4.69) is 35.5 Å². The summed E-state index contributed by atoms with van der Waals surface area (Å²) in [7, 11) is 2.18. The number of hydrogen-bond acceptors (Lipinski definition) is 3. The molecule has 1 aliphatic rings. The van der Waals surface area contributed by atoms with E-state index in [-0.39, 0.29) is 0 Å². The highest BCUT2D eigenvalue weighted by Gasteiger charge is 2.20. The molecule has 88 valence electrons. The molecule has 1 aromatic heterocycles. The lowest BCUT2D eigenvalue weighted by molar-refractivity contribution is 0.266. The lowest BCUT2D eigenvalue weighted by Gasteiger charge is -2.30. The van der Waals surface area contributed by atoms with E-state index >= 15 is 0 Å². The van der Waals surface area contributed by atoms with Gasteiger partial charge in [-0.15, -0.1) is 11.3 Å². The molecule has 0 aliphatic carbocycles. The van der Waals surface area contributed by atoms with Gasteiger partial charge >= 0.3 is 0 Å². The minimum absolute atomic E-state index is 0.302. The average Bonchev–Trinajstić information content (AvgIpc) is 2.81. The molecule has 1 aliphatic heterocycles. The van der Waals surface area contributed by atoms with Crippen LogP contribution in [0.4, 0.5) is 0 Å². The largest absolute Gasteiger partial charge is 0.396 e. The highest BCUT2D eigenvalue weighted by Crippen LogP contribution is 2.31. The number of likely N-dealkylation sites (N-methyl/N-ethyl adjacent to an activating group) is 1. The third-order valence-corrected chi connectivity index (χ3v) is 4.09. The van der Waals surface area contributed by atoms with Crippen LogP contribution in [-0.2, 0) is 0 Å². The van der Waals surface area contributed by atoms with Crippen molar-refractivity contribution < 1.29 is 5.11 Å². The zero-order valence-corrected chi connectivity index (χ0v) is 10.5. The monoisotopic (exact) mass is 237 g/mol. The Bertz CT molecular complexity index is 345. The summed E-state index contributed by atoms with van der Waals surface area (Å²) in [6.07, 6.45) is 5.47. The molecular formula is C13H19NOS. The molecular weight excluding hydrogens is 218 g/mol. The van der Waals surface area contributed by atoms with E-state index in [4.69, 9.17) is 5.11 Å². The molecule has 0 saturated heterocycles. The van der Waals surface area contributed by atoms with E-state index in [0.717, 1.165) is 25.8 Å². The van der Waals surface area contributed by atoms with Gasteiger partial charge in [0.15, 0.2) is 0 Å². The van der Waals surface area contributed by atoms with Gasteiger partial charge in [-0.25, -0.2) is 0 Å². The predicted octanol–water partition coefficient (Wildman–Crippen LogP) is 2.82. The highest BCUT2D eigenvalue weighted by atomic mass is 32.1. The third-order valence-electron chi connectivity index (χ3n) is 3.14. The summed E-state index contributed by atoms with van der Waals surface area (Å²) in [5, 5.41) is 11.0. The number of hydrogen-bond donors (Lipinski definition) is 1. The van der Waals surface area contributed by atoms with Crippen molar-refractivity contribution >= 4 is 11.3 Å². The van der Waals surface area contributed by atoms with Crippen LogP contribution in [0.3, 0.4) is 0 Å². The maximum Gasteiger partial charge on any atom is 0.0626 e.